The minimum atomic E-state index is 0.459. The topological polar surface area (TPSA) is 42.7 Å². The average Bonchev–Trinajstić information content (AvgIpc) is 3.01. The second-order valence-corrected chi connectivity index (χ2v) is 6.19. The van der Waals surface area contributed by atoms with Crippen LogP contribution < -0.4 is 5.32 Å². The summed E-state index contributed by atoms with van der Waals surface area (Å²) in [5, 5.41) is 10.1. The highest BCUT2D eigenvalue weighted by atomic mass is 32.1. The molecular formula is C15H18N4S. The number of fused-ring (bicyclic) bond motifs is 1. The molecule has 20 heavy (non-hydrogen) atoms. The van der Waals surface area contributed by atoms with Gasteiger partial charge in [-0.1, -0.05) is 13.8 Å². The SMILES string of the molecule is CC(C)NCc1cn(C)nc1-c1cnc2ccsc2c1. The van der Waals surface area contributed by atoms with Crippen LogP contribution in [-0.2, 0) is 13.6 Å². The number of aryl methyl sites for hydroxylation is 1. The number of nitrogens with zero attached hydrogens (tertiary/aromatic N) is 3. The van der Waals surface area contributed by atoms with Crippen LogP contribution in [0.15, 0.2) is 29.9 Å². The Morgan fingerprint density at radius 1 is 1.40 bits per heavy atom. The Kier molecular flexibility index (Phi) is 3.54. The fraction of sp³-hybridized carbons (Fsp3) is 0.333. The number of rotatable bonds is 4. The van der Waals surface area contributed by atoms with E-state index in [1.807, 2.05) is 24.0 Å². The lowest BCUT2D eigenvalue weighted by molar-refractivity contribution is 0.589. The van der Waals surface area contributed by atoms with Crippen LogP contribution in [0.4, 0.5) is 0 Å². The van der Waals surface area contributed by atoms with E-state index < -0.39 is 0 Å². The lowest BCUT2D eigenvalue weighted by Gasteiger charge is -2.07. The van der Waals surface area contributed by atoms with Crippen molar-refractivity contribution in [1.82, 2.24) is 20.1 Å². The zero-order valence-corrected chi connectivity index (χ0v) is 12.7. The van der Waals surface area contributed by atoms with Gasteiger partial charge < -0.3 is 5.32 Å². The Morgan fingerprint density at radius 3 is 3.05 bits per heavy atom. The third-order valence-corrected chi connectivity index (χ3v) is 4.03. The summed E-state index contributed by atoms with van der Waals surface area (Å²) in [4.78, 5) is 4.50. The lowest BCUT2D eigenvalue weighted by atomic mass is 10.1. The summed E-state index contributed by atoms with van der Waals surface area (Å²) in [6, 6.07) is 4.68. The Bertz CT molecular complexity index is 726. The highest BCUT2D eigenvalue weighted by Crippen LogP contribution is 2.27. The van der Waals surface area contributed by atoms with Gasteiger partial charge in [-0.2, -0.15) is 5.10 Å². The Hall–Kier alpha value is -1.72. The molecular weight excluding hydrogens is 268 g/mol. The monoisotopic (exact) mass is 286 g/mol. The molecule has 0 fully saturated rings. The van der Waals surface area contributed by atoms with Crippen molar-refractivity contribution >= 4 is 21.6 Å². The van der Waals surface area contributed by atoms with Crippen molar-refractivity contribution in [2.75, 3.05) is 0 Å². The van der Waals surface area contributed by atoms with E-state index in [4.69, 9.17) is 0 Å². The molecule has 5 heteroatoms. The predicted molar refractivity (Wildman–Crippen MR) is 83.8 cm³/mol. The molecule has 104 valence electrons. The highest BCUT2D eigenvalue weighted by Gasteiger charge is 2.11. The summed E-state index contributed by atoms with van der Waals surface area (Å²) in [5.74, 6) is 0. The first kappa shape index (κ1) is 13.3. The molecule has 3 aromatic heterocycles. The van der Waals surface area contributed by atoms with E-state index in [0.717, 1.165) is 23.3 Å². The molecule has 4 nitrogen and oxygen atoms in total. The van der Waals surface area contributed by atoms with Gasteiger partial charge in [0.05, 0.1) is 15.9 Å². The van der Waals surface area contributed by atoms with E-state index in [0.29, 0.717) is 6.04 Å². The predicted octanol–water partition coefficient (Wildman–Crippen LogP) is 3.19. The van der Waals surface area contributed by atoms with Crippen molar-refractivity contribution in [3.05, 3.63) is 35.5 Å². The summed E-state index contributed by atoms with van der Waals surface area (Å²) < 4.78 is 3.07. The molecule has 0 atom stereocenters. The number of aromatic nitrogens is 3. The van der Waals surface area contributed by atoms with E-state index in [-0.39, 0.29) is 0 Å². The van der Waals surface area contributed by atoms with Gasteiger partial charge in [0.2, 0.25) is 0 Å². The first-order chi connectivity index (χ1) is 9.63. The molecule has 3 rings (SSSR count). The van der Waals surface area contributed by atoms with E-state index in [2.05, 4.69) is 46.9 Å². The number of pyridine rings is 1. The minimum absolute atomic E-state index is 0.459. The van der Waals surface area contributed by atoms with Crippen LogP contribution in [0.1, 0.15) is 19.4 Å². The zero-order chi connectivity index (χ0) is 14.1. The Labute approximate surface area is 122 Å². The maximum Gasteiger partial charge on any atom is 0.0983 e. The molecule has 0 aliphatic carbocycles. The van der Waals surface area contributed by atoms with Crippen molar-refractivity contribution in [3.8, 4) is 11.3 Å². The van der Waals surface area contributed by atoms with Crippen molar-refractivity contribution in [3.63, 3.8) is 0 Å². The summed E-state index contributed by atoms with van der Waals surface area (Å²) in [5.41, 5.74) is 4.36. The van der Waals surface area contributed by atoms with Gasteiger partial charge in [0.1, 0.15) is 0 Å². The second kappa shape index (κ2) is 5.34. The quantitative estimate of drug-likeness (QED) is 0.801. The molecule has 1 N–H and O–H groups in total. The van der Waals surface area contributed by atoms with E-state index in [9.17, 15) is 0 Å². The van der Waals surface area contributed by atoms with Gasteiger partial charge in [-0.3, -0.25) is 9.67 Å². The van der Waals surface area contributed by atoms with Gasteiger partial charge in [0.15, 0.2) is 0 Å². The number of hydrogen-bond donors (Lipinski definition) is 1. The van der Waals surface area contributed by atoms with Gasteiger partial charge in [0.25, 0.3) is 0 Å². The molecule has 0 aliphatic heterocycles. The fourth-order valence-electron chi connectivity index (χ4n) is 2.20. The van der Waals surface area contributed by atoms with E-state index in [1.165, 1.54) is 10.3 Å². The minimum Gasteiger partial charge on any atom is -0.310 e. The zero-order valence-electron chi connectivity index (χ0n) is 11.9. The lowest BCUT2D eigenvalue weighted by Crippen LogP contribution is -2.21. The van der Waals surface area contributed by atoms with Gasteiger partial charge in [-0.15, -0.1) is 11.3 Å². The van der Waals surface area contributed by atoms with Crippen LogP contribution in [0, 0.1) is 0 Å². The van der Waals surface area contributed by atoms with E-state index >= 15 is 0 Å². The molecule has 0 unspecified atom stereocenters. The molecule has 0 aromatic carbocycles. The van der Waals surface area contributed by atoms with Crippen LogP contribution in [-0.4, -0.2) is 20.8 Å². The largest absolute Gasteiger partial charge is 0.310 e. The molecule has 0 aliphatic rings. The molecule has 0 saturated carbocycles. The van der Waals surface area contributed by atoms with Gasteiger partial charge in [0, 0.05) is 43.2 Å². The standard InChI is InChI=1S/C15H18N4S/c1-10(2)16-8-12-9-19(3)18-15(12)11-6-14-13(17-7-11)4-5-20-14/h4-7,9-10,16H,8H2,1-3H3. The third-order valence-electron chi connectivity index (χ3n) is 3.18. The third kappa shape index (κ3) is 2.59. The van der Waals surface area contributed by atoms with Gasteiger partial charge >= 0.3 is 0 Å². The van der Waals surface area contributed by atoms with Crippen LogP contribution in [0.3, 0.4) is 0 Å². The highest BCUT2D eigenvalue weighted by molar-refractivity contribution is 7.17. The first-order valence-electron chi connectivity index (χ1n) is 6.73. The van der Waals surface area contributed by atoms with Crippen molar-refractivity contribution < 1.29 is 0 Å². The maximum absolute atomic E-state index is 4.59. The summed E-state index contributed by atoms with van der Waals surface area (Å²) in [6.45, 7) is 5.12. The molecule has 0 amide bonds. The van der Waals surface area contributed by atoms with Crippen LogP contribution in [0.25, 0.3) is 21.5 Å². The molecule has 0 radical (unpaired) electrons. The number of thiophene rings is 1. The molecule has 0 spiro atoms. The normalized spacial score (nSPS) is 11.6. The van der Waals surface area contributed by atoms with Gasteiger partial charge in [-0.25, -0.2) is 0 Å². The van der Waals surface area contributed by atoms with Crippen molar-refractivity contribution in [1.29, 1.82) is 0 Å². The van der Waals surface area contributed by atoms with Gasteiger partial charge in [-0.05, 0) is 17.5 Å². The number of hydrogen-bond acceptors (Lipinski definition) is 4. The molecule has 0 saturated heterocycles. The van der Waals surface area contributed by atoms with E-state index in [1.54, 1.807) is 11.3 Å². The van der Waals surface area contributed by atoms with Crippen LogP contribution >= 0.6 is 11.3 Å². The van der Waals surface area contributed by atoms with Crippen LogP contribution in [0.5, 0.6) is 0 Å². The van der Waals surface area contributed by atoms with Crippen LogP contribution in [0.2, 0.25) is 0 Å². The molecule has 3 heterocycles. The average molecular weight is 286 g/mol. The Morgan fingerprint density at radius 2 is 2.25 bits per heavy atom. The maximum atomic E-state index is 4.59. The summed E-state index contributed by atoms with van der Waals surface area (Å²) in [7, 11) is 1.96. The first-order valence-corrected chi connectivity index (χ1v) is 7.61. The molecule has 0 bridgehead atoms. The molecule has 3 aromatic rings. The van der Waals surface area contributed by atoms with Crippen molar-refractivity contribution in [2.45, 2.75) is 26.4 Å². The summed E-state index contributed by atoms with van der Waals surface area (Å²) in [6.07, 6.45) is 3.99. The summed E-state index contributed by atoms with van der Waals surface area (Å²) >= 11 is 1.71. The Balaban J connectivity index is 1.99. The second-order valence-electron chi connectivity index (χ2n) is 5.24. The number of nitrogens with one attached hydrogen (secondary N) is 1. The fourth-order valence-corrected chi connectivity index (χ4v) is 2.98. The van der Waals surface area contributed by atoms with Crippen molar-refractivity contribution in [2.24, 2.45) is 7.05 Å². The smallest absolute Gasteiger partial charge is 0.0983 e.